The van der Waals surface area contributed by atoms with Crippen molar-refractivity contribution in [1.29, 1.82) is 0 Å². The summed E-state index contributed by atoms with van der Waals surface area (Å²) in [6.07, 6.45) is 2.01. The summed E-state index contributed by atoms with van der Waals surface area (Å²) in [4.78, 5) is 4.15. The average molecular weight is 265 g/mol. The Morgan fingerprint density at radius 2 is 2.11 bits per heavy atom. The number of guanidine groups is 1. The third-order valence-electron chi connectivity index (χ3n) is 3.41. The molecule has 0 atom stereocenters. The third-order valence-corrected chi connectivity index (χ3v) is 3.41. The molecule has 4 nitrogen and oxygen atoms in total. The molecule has 3 N–H and O–H groups in total. The highest BCUT2D eigenvalue weighted by Gasteiger charge is 2.30. The molecule has 0 heterocycles. The van der Waals surface area contributed by atoms with Gasteiger partial charge in [-0.05, 0) is 36.5 Å². The Labute approximate surface area is 112 Å². The van der Waals surface area contributed by atoms with Gasteiger partial charge in [0, 0.05) is 13.2 Å². The van der Waals surface area contributed by atoms with Crippen LogP contribution in [0.5, 0.6) is 0 Å². The van der Waals surface area contributed by atoms with Crippen LogP contribution in [0.2, 0.25) is 0 Å². The topological polar surface area (TPSA) is 59.6 Å². The third kappa shape index (κ3) is 3.92. The van der Waals surface area contributed by atoms with Crippen LogP contribution in [0.4, 0.5) is 4.39 Å². The number of rotatable bonds is 5. The van der Waals surface area contributed by atoms with E-state index in [9.17, 15) is 4.39 Å². The number of hydrogen-bond donors (Lipinski definition) is 2. The number of ether oxygens (including phenoxy) is 1. The summed E-state index contributed by atoms with van der Waals surface area (Å²) in [6, 6.07) is 7.09. The summed E-state index contributed by atoms with van der Waals surface area (Å²) in [5.74, 6) is 0.775. The first kappa shape index (κ1) is 13.8. The zero-order valence-electron chi connectivity index (χ0n) is 11.1. The Kier molecular flexibility index (Phi) is 4.74. The minimum absolute atomic E-state index is 0.188. The summed E-state index contributed by atoms with van der Waals surface area (Å²) in [5.41, 5.74) is 6.95. The van der Waals surface area contributed by atoms with Crippen LogP contribution in [0.3, 0.4) is 0 Å². The number of benzene rings is 1. The summed E-state index contributed by atoms with van der Waals surface area (Å²) in [5, 5.41) is 3.18. The monoisotopic (exact) mass is 265 g/mol. The lowest BCUT2D eigenvalue weighted by molar-refractivity contribution is 0.207. The van der Waals surface area contributed by atoms with Gasteiger partial charge in [0.1, 0.15) is 5.82 Å². The van der Waals surface area contributed by atoms with Crippen molar-refractivity contribution < 1.29 is 9.13 Å². The molecule has 0 bridgehead atoms. The van der Waals surface area contributed by atoms with Crippen LogP contribution in [0.25, 0.3) is 0 Å². The van der Waals surface area contributed by atoms with Gasteiger partial charge in [-0.25, -0.2) is 4.39 Å². The van der Waals surface area contributed by atoms with E-state index in [0.29, 0.717) is 31.1 Å². The first-order chi connectivity index (χ1) is 9.19. The fourth-order valence-corrected chi connectivity index (χ4v) is 2.25. The second-order valence-electron chi connectivity index (χ2n) is 4.82. The number of nitrogens with zero attached hydrogens (tertiary/aromatic N) is 1. The van der Waals surface area contributed by atoms with Crippen LogP contribution >= 0.6 is 0 Å². The first-order valence-electron chi connectivity index (χ1n) is 6.50. The van der Waals surface area contributed by atoms with E-state index in [2.05, 4.69) is 10.3 Å². The lowest BCUT2D eigenvalue weighted by Crippen LogP contribution is -2.46. The van der Waals surface area contributed by atoms with E-state index in [-0.39, 0.29) is 5.82 Å². The van der Waals surface area contributed by atoms with Crippen molar-refractivity contribution >= 4 is 5.96 Å². The van der Waals surface area contributed by atoms with E-state index < -0.39 is 0 Å². The lowest BCUT2D eigenvalue weighted by atomic mass is 9.76. The quantitative estimate of drug-likeness (QED) is 0.483. The van der Waals surface area contributed by atoms with E-state index in [1.54, 1.807) is 7.11 Å². The maximum atomic E-state index is 12.8. The highest BCUT2D eigenvalue weighted by molar-refractivity contribution is 5.78. The van der Waals surface area contributed by atoms with E-state index in [4.69, 9.17) is 10.5 Å². The van der Waals surface area contributed by atoms with Crippen LogP contribution in [0, 0.1) is 5.82 Å². The number of aliphatic imine (C=N–C) groups is 1. The molecule has 0 spiro atoms. The van der Waals surface area contributed by atoms with Gasteiger partial charge in [-0.15, -0.1) is 0 Å². The van der Waals surface area contributed by atoms with Crippen LogP contribution in [-0.4, -0.2) is 32.3 Å². The summed E-state index contributed by atoms with van der Waals surface area (Å²) >= 11 is 0. The molecule has 104 valence electrons. The van der Waals surface area contributed by atoms with Crippen molar-refractivity contribution in [2.24, 2.45) is 10.7 Å². The molecule has 1 aliphatic carbocycles. The van der Waals surface area contributed by atoms with Crippen LogP contribution in [-0.2, 0) is 4.74 Å². The van der Waals surface area contributed by atoms with Gasteiger partial charge in [0.05, 0.1) is 13.2 Å². The molecule has 0 amide bonds. The maximum absolute atomic E-state index is 12.8. The van der Waals surface area contributed by atoms with E-state index in [1.807, 2.05) is 12.1 Å². The highest BCUT2D eigenvalue weighted by atomic mass is 19.1. The predicted molar refractivity (Wildman–Crippen MR) is 73.7 cm³/mol. The van der Waals surface area contributed by atoms with Gasteiger partial charge in [-0.2, -0.15) is 0 Å². The molecular weight excluding hydrogens is 245 g/mol. The number of methoxy groups -OCH3 is 1. The van der Waals surface area contributed by atoms with Gasteiger partial charge in [0.2, 0.25) is 0 Å². The Bertz CT molecular complexity index is 427. The molecule has 1 aromatic rings. The molecule has 0 unspecified atom stereocenters. The fraction of sp³-hybridized carbons (Fsp3) is 0.500. The maximum Gasteiger partial charge on any atom is 0.188 e. The molecule has 0 saturated heterocycles. The van der Waals surface area contributed by atoms with Crippen molar-refractivity contribution in [3.63, 3.8) is 0 Å². The molecule has 0 aliphatic heterocycles. The van der Waals surface area contributed by atoms with Crippen LogP contribution in [0.15, 0.2) is 29.3 Å². The summed E-state index contributed by atoms with van der Waals surface area (Å²) in [7, 11) is 1.64. The number of nitrogens with one attached hydrogen (secondary N) is 1. The second kappa shape index (κ2) is 6.52. The Balaban J connectivity index is 1.74. The van der Waals surface area contributed by atoms with Crippen molar-refractivity contribution in [3.05, 3.63) is 35.6 Å². The number of hydrogen-bond acceptors (Lipinski definition) is 2. The minimum atomic E-state index is -0.188. The summed E-state index contributed by atoms with van der Waals surface area (Å²) in [6.45, 7) is 1.15. The van der Waals surface area contributed by atoms with Gasteiger partial charge < -0.3 is 15.8 Å². The van der Waals surface area contributed by atoms with Crippen molar-refractivity contribution in [2.75, 3.05) is 20.3 Å². The van der Waals surface area contributed by atoms with Gasteiger partial charge in [-0.1, -0.05) is 12.1 Å². The van der Waals surface area contributed by atoms with Crippen LogP contribution in [0.1, 0.15) is 24.3 Å². The molecular formula is C14H20FN3O. The normalized spacial score (nSPS) is 22.9. The SMILES string of the molecule is COCCN=C(N)NC1CC(c2ccc(F)cc2)C1. The van der Waals surface area contributed by atoms with Gasteiger partial charge >= 0.3 is 0 Å². The Hall–Kier alpha value is -1.62. The standard InChI is InChI=1S/C14H20FN3O/c1-19-7-6-17-14(16)18-13-8-11(9-13)10-2-4-12(15)5-3-10/h2-5,11,13H,6-9H2,1H3,(H3,16,17,18). The van der Waals surface area contributed by atoms with Crippen molar-refractivity contribution in [3.8, 4) is 0 Å². The molecule has 1 aromatic carbocycles. The molecule has 1 fully saturated rings. The lowest BCUT2D eigenvalue weighted by Gasteiger charge is -2.36. The number of nitrogens with two attached hydrogens (primary N) is 1. The largest absolute Gasteiger partial charge is 0.383 e. The summed E-state index contributed by atoms with van der Waals surface area (Å²) < 4.78 is 17.7. The predicted octanol–water partition coefficient (Wildman–Crippen LogP) is 1.62. The van der Waals surface area contributed by atoms with E-state index in [1.165, 1.54) is 17.7 Å². The number of halogens is 1. The van der Waals surface area contributed by atoms with E-state index in [0.717, 1.165) is 12.8 Å². The molecule has 1 aliphatic rings. The second-order valence-corrected chi connectivity index (χ2v) is 4.82. The van der Waals surface area contributed by atoms with Crippen molar-refractivity contribution in [2.45, 2.75) is 24.8 Å². The van der Waals surface area contributed by atoms with Crippen molar-refractivity contribution in [1.82, 2.24) is 5.32 Å². The molecule has 0 aromatic heterocycles. The highest BCUT2D eigenvalue weighted by Crippen LogP contribution is 2.36. The molecule has 1 saturated carbocycles. The zero-order valence-corrected chi connectivity index (χ0v) is 11.1. The van der Waals surface area contributed by atoms with E-state index >= 15 is 0 Å². The zero-order chi connectivity index (χ0) is 13.7. The first-order valence-corrected chi connectivity index (χ1v) is 6.50. The Morgan fingerprint density at radius 3 is 2.74 bits per heavy atom. The van der Waals surface area contributed by atoms with Crippen LogP contribution < -0.4 is 11.1 Å². The van der Waals surface area contributed by atoms with Gasteiger partial charge in [0.25, 0.3) is 0 Å². The molecule has 2 rings (SSSR count). The molecule has 19 heavy (non-hydrogen) atoms. The fourth-order valence-electron chi connectivity index (χ4n) is 2.25. The average Bonchev–Trinajstić information content (AvgIpc) is 2.35. The smallest absolute Gasteiger partial charge is 0.188 e. The van der Waals surface area contributed by atoms with Gasteiger partial charge in [0.15, 0.2) is 5.96 Å². The minimum Gasteiger partial charge on any atom is -0.383 e. The van der Waals surface area contributed by atoms with Gasteiger partial charge in [-0.3, -0.25) is 4.99 Å². The molecule has 0 radical (unpaired) electrons. The molecule has 5 heteroatoms. The Morgan fingerprint density at radius 1 is 1.42 bits per heavy atom.